The van der Waals surface area contributed by atoms with Crippen molar-refractivity contribution in [1.82, 2.24) is 4.90 Å². The summed E-state index contributed by atoms with van der Waals surface area (Å²) in [6, 6.07) is 5.31. The molecule has 1 aromatic carbocycles. The second kappa shape index (κ2) is 4.40. The molecule has 0 spiro atoms. The highest BCUT2D eigenvalue weighted by Crippen LogP contribution is 2.35. The summed E-state index contributed by atoms with van der Waals surface area (Å²) in [5.41, 5.74) is 1.39. The Hall–Kier alpha value is -1.51. The first kappa shape index (κ1) is 12.0. The topological polar surface area (TPSA) is 40.5 Å². The predicted octanol–water partition coefficient (Wildman–Crippen LogP) is 2.57. The molecule has 0 saturated heterocycles. The van der Waals surface area contributed by atoms with Crippen LogP contribution in [0.4, 0.5) is 0 Å². The number of benzene rings is 1. The molecule has 2 rings (SSSR count). The van der Waals surface area contributed by atoms with Crippen molar-refractivity contribution in [2.45, 2.75) is 32.7 Å². The molecule has 1 aliphatic rings. The smallest absolute Gasteiger partial charge is 0.253 e. The summed E-state index contributed by atoms with van der Waals surface area (Å²) in [5, 5.41) is 9.45. The van der Waals surface area contributed by atoms with Gasteiger partial charge in [0.1, 0.15) is 5.75 Å². The minimum absolute atomic E-state index is 0.0347. The summed E-state index contributed by atoms with van der Waals surface area (Å²) >= 11 is 0. The van der Waals surface area contributed by atoms with E-state index in [4.69, 9.17) is 0 Å². The van der Waals surface area contributed by atoms with Gasteiger partial charge in [-0.2, -0.15) is 0 Å². The maximum atomic E-state index is 12.2. The largest absolute Gasteiger partial charge is 0.508 e. The van der Waals surface area contributed by atoms with E-state index in [0.717, 1.165) is 5.56 Å². The predicted molar refractivity (Wildman–Crippen MR) is 67.1 cm³/mol. The zero-order valence-corrected chi connectivity index (χ0v) is 10.6. The fraction of sp³-hybridized carbons (Fsp3) is 0.500. The number of carbonyl (C=O) groups excluding carboxylic acids is 1. The van der Waals surface area contributed by atoms with Crippen molar-refractivity contribution in [2.24, 2.45) is 5.92 Å². The number of carbonyl (C=O) groups is 1. The Morgan fingerprint density at radius 3 is 2.65 bits per heavy atom. The van der Waals surface area contributed by atoms with Crippen LogP contribution >= 0.6 is 0 Å². The first-order chi connectivity index (χ1) is 8.00. The first-order valence-electron chi connectivity index (χ1n) is 6.07. The number of rotatable bonds is 3. The van der Waals surface area contributed by atoms with Crippen molar-refractivity contribution in [1.29, 1.82) is 0 Å². The molecule has 1 amide bonds. The van der Waals surface area contributed by atoms with Gasteiger partial charge in [-0.05, 0) is 56.4 Å². The van der Waals surface area contributed by atoms with E-state index in [2.05, 4.69) is 6.92 Å². The van der Waals surface area contributed by atoms with Crippen LogP contribution in [0.15, 0.2) is 18.2 Å². The third kappa shape index (κ3) is 2.43. The van der Waals surface area contributed by atoms with E-state index in [9.17, 15) is 9.90 Å². The molecule has 1 aliphatic carbocycles. The molecule has 1 saturated carbocycles. The summed E-state index contributed by atoms with van der Waals surface area (Å²) in [4.78, 5) is 14.0. The normalized spacial score (nSPS) is 16.6. The van der Waals surface area contributed by atoms with Crippen LogP contribution < -0.4 is 0 Å². The zero-order valence-electron chi connectivity index (χ0n) is 10.6. The summed E-state index contributed by atoms with van der Waals surface area (Å²) in [5.74, 6) is 0.939. The molecule has 0 heterocycles. The second-order valence-electron chi connectivity index (χ2n) is 5.00. The van der Waals surface area contributed by atoms with Gasteiger partial charge in [0, 0.05) is 18.7 Å². The van der Waals surface area contributed by atoms with Crippen LogP contribution in [0.1, 0.15) is 35.7 Å². The Morgan fingerprint density at radius 2 is 2.12 bits per heavy atom. The number of hydrogen-bond donors (Lipinski definition) is 1. The maximum absolute atomic E-state index is 12.2. The van der Waals surface area contributed by atoms with Crippen LogP contribution in [0.5, 0.6) is 5.75 Å². The molecule has 3 heteroatoms. The van der Waals surface area contributed by atoms with Gasteiger partial charge in [-0.3, -0.25) is 4.79 Å². The quantitative estimate of drug-likeness (QED) is 0.871. The molecule has 1 aromatic rings. The summed E-state index contributed by atoms with van der Waals surface area (Å²) in [6.07, 6.45) is 2.46. The van der Waals surface area contributed by atoms with Gasteiger partial charge in [-0.1, -0.05) is 0 Å². The molecule has 1 fully saturated rings. The van der Waals surface area contributed by atoms with Crippen molar-refractivity contribution in [3.8, 4) is 5.75 Å². The van der Waals surface area contributed by atoms with Gasteiger partial charge < -0.3 is 10.0 Å². The molecule has 3 nitrogen and oxygen atoms in total. The lowest BCUT2D eigenvalue weighted by Gasteiger charge is -2.25. The number of aromatic hydroxyl groups is 1. The van der Waals surface area contributed by atoms with E-state index in [0.29, 0.717) is 17.5 Å². The Balaban J connectivity index is 2.15. The van der Waals surface area contributed by atoms with Crippen LogP contribution in [0.25, 0.3) is 0 Å². The van der Waals surface area contributed by atoms with E-state index in [1.165, 1.54) is 12.8 Å². The molecule has 0 aliphatic heterocycles. The van der Waals surface area contributed by atoms with Crippen LogP contribution in [0.3, 0.4) is 0 Å². The van der Waals surface area contributed by atoms with E-state index < -0.39 is 0 Å². The number of amides is 1. The third-order valence-electron chi connectivity index (χ3n) is 3.68. The molecule has 1 unspecified atom stereocenters. The number of nitrogens with zero attached hydrogens (tertiary/aromatic N) is 1. The summed E-state index contributed by atoms with van der Waals surface area (Å²) in [7, 11) is 1.85. The molecule has 0 aromatic heterocycles. The standard InChI is InChI=1S/C14H19NO2/c1-9-8-12(6-7-13(9)16)14(17)15(3)10(2)11-4-5-11/h6-8,10-11,16H,4-5H2,1-3H3. The lowest BCUT2D eigenvalue weighted by atomic mass is 10.1. The lowest BCUT2D eigenvalue weighted by Crippen LogP contribution is -2.36. The lowest BCUT2D eigenvalue weighted by molar-refractivity contribution is 0.0727. The van der Waals surface area contributed by atoms with E-state index in [-0.39, 0.29) is 11.7 Å². The second-order valence-corrected chi connectivity index (χ2v) is 5.00. The van der Waals surface area contributed by atoms with Gasteiger partial charge >= 0.3 is 0 Å². The van der Waals surface area contributed by atoms with Gasteiger partial charge in [0.25, 0.3) is 5.91 Å². The fourth-order valence-corrected chi connectivity index (χ4v) is 2.07. The minimum Gasteiger partial charge on any atom is -0.508 e. The molecular formula is C14H19NO2. The van der Waals surface area contributed by atoms with Gasteiger partial charge in [-0.25, -0.2) is 0 Å². The molecular weight excluding hydrogens is 214 g/mol. The highest BCUT2D eigenvalue weighted by atomic mass is 16.3. The SMILES string of the molecule is Cc1cc(C(=O)N(C)C(C)C2CC2)ccc1O. The highest BCUT2D eigenvalue weighted by molar-refractivity contribution is 5.94. The molecule has 0 radical (unpaired) electrons. The number of aryl methyl sites for hydroxylation is 1. The number of hydrogen-bond acceptors (Lipinski definition) is 2. The Bertz CT molecular complexity index is 438. The van der Waals surface area contributed by atoms with Crippen molar-refractivity contribution >= 4 is 5.91 Å². The van der Waals surface area contributed by atoms with Gasteiger partial charge in [-0.15, -0.1) is 0 Å². The van der Waals surface area contributed by atoms with Crippen molar-refractivity contribution in [3.63, 3.8) is 0 Å². The molecule has 1 atom stereocenters. The Morgan fingerprint density at radius 1 is 1.47 bits per heavy atom. The van der Waals surface area contributed by atoms with Crippen molar-refractivity contribution in [3.05, 3.63) is 29.3 Å². The van der Waals surface area contributed by atoms with Gasteiger partial charge in [0.05, 0.1) is 0 Å². The Kier molecular flexibility index (Phi) is 3.09. The molecule has 1 N–H and O–H groups in total. The fourth-order valence-electron chi connectivity index (χ4n) is 2.07. The van der Waals surface area contributed by atoms with Crippen LogP contribution in [-0.4, -0.2) is 29.0 Å². The van der Waals surface area contributed by atoms with Crippen molar-refractivity contribution < 1.29 is 9.90 Å². The zero-order chi connectivity index (χ0) is 12.6. The number of phenolic OH excluding ortho intramolecular Hbond substituents is 1. The summed E-state index contributed by atoms with van der Waals surface area (Å²) < 4.78 is 0. The minimum atomic E-state index is 0.0347. The molecule has 0 bridgehead atoms. The summed E-state index contributed by atoms with van der Waals surface area (Å²) in [6.45, 7) is 3.90. The van der Waals surface area contributed by atoms with Crippen molar-refractivity contribution in [2.75, 3.05) is 7.05 Å². The van der Waals surface area contributed by atoms with Crippen LogP contribution in [0.2, 0.25) is 0 Å². The van der Waals surface area contributed by atoms with Crippen LogP contribution in [-0.2, 0) is 0 Å². The average Bonchev–Trinajstić information content (AvgIpc) is 3.14. The first-order valence-corrected chi connectivity index (χ1v) is 6.07. The van der Waals surface area contributed by atoms with E-state index >= 15 is 0 Å². The highest BCUT2D eigenvalue weighted by Gasteiger charge is 2.32. The monoisotopic (exact) mass is 233 g/mol. The molecule has 92 valence electrons. The van der Waals surface area contributed by atoms with E-state index in [1.54, 1.807) is 25.1 Å². The van der Waals surface area contributed by atoms with Gasteiger partial charge in [0.2, 0.25) is 0 Å². The molecule has 17 heavy (non-hydrogen) atoms. The van der Waals surface area contributed by atoms with E-state index in [1.807, 2.05) is 11.9 Å². The third-order valence-corrected chi connectivity index (χ3v) is 3.68. The van der Waals surface area contributed by atoms with Gasteiger partial charge in [0.15, 0.2) is 0 Å². The average molecular weight is 233 g/mol. The maximum Gasteiger partial charge on any atom is 0.253 e. The number of phenols is 1. The Labute approximate surface area is 102 Å². The van der Waals surface area contributed by atoms with Crippen LogP contribution in [0, 0.1) is 12.8 Å².